The van der Waals surface area contributed by atoms with Gasteiger partial charge >= 0.3 is 0 Å². The smallest absolute Gasteiger partial charge is 0.266 e. The summed E-state index contributed by atoms with van der Waals surface area (Å²) in [6.45, 7) is 4.25. The molecule has 29 heavy (non-hydrogen) atoms. The molecular formula is C19H28F2N4O4. The SMILES string of the molecule is COCCN1CCC[C@]2(CN(C(=O)Cc3noc(C(C)C)n3)CC(F)(F)C2)C1=O. The molecule has 2 aliphatic heterocycles. The number of likely N-dealkylation sites (tertiary alicyclic amines) is 2. The number of hydrogen-bond acceptors (Lipinski definition) is 6. The van der Waals surface area contributed by atoms with Crippen LogP contribution in [0.3, 0.4) is 0 Å². The molecule has 162 valence electrons. The molecule has 10 heteroatoms. The van der Waals surface area contributed by atoms with E-state index in [1.54, 1.807) is 4.90 Å². The molecule has 2 amide bonds. The number of amides is 2. The molecule has 0 bridgehead atoms. The fourth-order valence-corrected chi connectivity index (χ4v) is 4.18. The van der Waals surface area contributed by atoms with Gasteiger partial charge in [0.05, 0.1) is 25.0 Å². The summed E-state index contributed by atoms with van der Waals surface area (Å²) in [5.74, 6) is -3.41. The Balaban J connectivity index is 1.76. The number of alkyl halides is 2. The van der Waals surface area contributed by atoms with E-state index in [4.69, 9.17) is 9.26 Å². The number of carbonyl (C=O) groups is 2. The number of nitrogens with zero attached hydrogens (tertiary/aromatic N) is 4. The van der Waals surface area contributed by atoms with E-state index in [9.17, 15) is 18.4 Å². The van der Waals surface area contributed by atoms with Crippen LogP contribution < -0.4 is 0 Å². The lowest BCUT2D eigenvalue weighted by atomic mass is 9.71. The molecule has 2 aliphatic rings. The molecule has 1 spiro atoms. The first kappa shape index (κ1) is 21.6. The van der Waals surface area contributed by atoms with Gasteiger partial charge in [0.25, 0.3) is 5.92 Å². The van der Waals surface area contributed by atoms with Gasteiger partial charge in [0.15, 0.2) is 5.82 Å². The Morgan fingerprint density at radius 1 is 1.34 bits per heavy atom. The number of ether oxygens (including phenoxy) is 1. The molecule has 2 fully saturated rings. The highest BCUT2D eigenvalue weighted by Gasteiger charge is 2.56. The van der Waals surface area contributed by atoms with Crippen molar-refractivity contribution in [1.82, 2.24) is 19.9 Å². The Labute approximate surface area is 168 Å². The number of aromatic nitrogens is 2. The summed E-state index contributed by atoms with van der Waals surface area (Å²) < 4.78 is 39.3. The van der Waals surface area contributed by atoms with Gasteiger partial charge in [0.1, 0.15) is 0 Å². The van der Waals surface area contributed by atoms with Gasteiger partial charge in [-0.15, -0.1) is 0 Å². The van der Waals surface area contributed by atoms with Crippen molar-refractivity contribution < 1.29 is 27.6 Å². The van der Waals surface area contributed by atoms with E-state index in [0.29, 0.717) is 38.4 Å². The van der Waals surface area contributed by atoms with Crippen LogP contribution in [0.4, 0.5) is 8.78 Å². The second kappa shape index (κ2) is 8.33. The lowest BCUT2D eigenvalue weighted by molar-refractivity contribution is -0.174. The second-order valence-corrected chi connectivity index (χ2v) is 8.33. The minimum Gasteiger partial charge on any atom is -0.383 e. The molecule has 1 aromatic rings. The van der Waals surface area contributed by atoms with E-state index >= 15 is 0 Å². The molecule has 8 nitrogen and oxygen atoms in total. The van der Waals surface area contributed by atoms with Crippen LogP contribution in [0.25, 0.3) is 0 Å². The van der Waals surface area contributed by atoms with E-state index in [1.165, 1.54) is 7.11 Å². The zero-order chi connectivity index (χ0) is 21.2. The number of hydrogen-bond donors (Lipinski definition) is 0. The number of rotatable bonds is 6. The van der Waals surface area contributed by atoms with Gasteiger partial charge in [-0.3, -0.25) is 9.59 Å². The molecule has 0 N–H and O–H groups in total. The summed E-state index contributed by atoms with van der Waals surface area (Å²) in [7, 11) is 1.53. The van der Waals surface area contributed by atoms with Gasteiger partial charge in [0.2, 0.25) is 17.7 Å². The minimum atomic E-state index is -3.13. The fourth-order valence-electron chi connectivity index (χ4n) is 4.18. The highest BCUT2D eigenvalue weighted by Crippen LogP contribution is 2.45. The van der Waals surface area contributed by atoms with Crippen LogP contribution >= 0.6 is 0 Å². The van der Waals surface area contributed by atoms with E-state index in [-0.39, 0.29) is 30.6 Å². The molecule has 3 heterocycles. The summed E-state index contributed by atoms with van der Waals surface area (Å²) in [6, 6.07) is 0. The average molecular weight is 414 g/mol. The predicted octanol–water partition coefficient (Wildman–Crippen LogP) is 1.86. The quantitative estimate of drug-likeness (QED) is 0.706. The van der Waals surface area contributed by atoms with Gasteiger partial charge in [-0.2, -0.15) is 4.98 Å². The first-order valence-electron chi connectivity index (χ1n) is 9.92. The van der Waals surface area contributed by atoms with E-state index in [2.05, 4.69) is 10.1 Å². The summed E-state index contributed by atoms with van der Waals surface area (Å²) in [4.78, 5) is 32.6. The Morgan fingerprint density at radius 3 is 2.76 bits per heavy atom. The van der Waals surface area contributed by atoms with Crippen LogP contribution in [-0.2, 0) is 20.7 Å². The van der Waals surface area contributed by atoms with Gasteiger partial charge in [-0.1, -0.05) is 19.0 Å². The van der Waals surface area contributed by atoms with Gasteiger partial charge in [-0.05, 0) is 12.8 Å². The number of piperidine rings is 2. The van der Waals surface area contributed by atoms with Crippen molar-refractivity contribution in [3.63, 3.8) is 0 Å². The minimum absolute atomic E-state index is 0.00637. The van der Waals surface area contributed by atoms with Crippen molar-refractivity contribution in [3.05, 3.63) is 11.7 Å². The second-order valence-electron chi connectivity index (χ2n) is 8.33. The zero-order valence-corrected chi connectivity index (χ0v) is 17.1. The van der Waals surface area contributed by atoms with Crippen molar-refractivity contribution in [3.8, 4) is 0 Å². The molecule has 2 saturated heterocycles. The van der Waals surface area contributed by atoms with Crippen LogP contribution in [0, 0.1) is 5.41 Å². The van der Waals surface area contributed by atoms with E-state index < -0.39 is 30.2 Å². The first-order chi connectivity index (χ1) is 13.7. The van der Waals surface area contributed by atoms with Crippen LogP contribution in [0.15, 0.2) is 4.52 Å². The maximum absolute atomic E-state index is 14.6. The number of methoxy groups -OCH3 is 1. The highest BCUT2D eigenvalue weighted by molar-refractivity contribution is 5.86. The fraction of sp³-hybridized carbons (Fsp3) is 0.789. The van der Waals surface area contributed by atoms with Crippen molar-refractivity contribution in [2.45, 2.75) is 51.4 Å². The number of halogens is 2. The van der Waals surface area contributed by atoms with Gasteiger partial charge < -0.3 is 19.1 Å². The highest BCUT2D eigenvalue weighted by atomic mass is 19.3. The van der Waals surface area contributed by atoms with Crippen molar-refractivity contribution >= 4 is 11.8 Å². The normalized spacial score (nSPS) is 24.6. The Hall–Kier alpha value is -2.10. The zero-order valence-electron chi connectivity index (χ0n) is 17.1. The molecule has 0 aromatic carbocycles. The lowest BCUT2D eigenvalue weighted by Gasteiger charge is -2.49. The van der Waals surface area contributed by atoms with E-state index in [1.807, 2.05) is 13.8 Å². The van der Waals surface area contributed by atoms with Crippen molar-refractivity contribution in [2.75, 3.05) is 39.9 Å². The monoisotopic (exact) mass is 414 g/mol. The standard InChI is InChI=1S/C19H28F2N4O4/c1-13(2)16-22-14(23-29-16)9-15(26)25-11-18(10-19(20,21)12-25)5-4-6-24(17(18)27)7-8-28-3/h13H,4-12H2,1-3H3/t18-/m0/s1. The third-order valence-corrected chi connectivity index (χ3v) is 5.54. The van der Waals surface area contributed by atoms with Gasteiger partial charge in [0, 0.05) is 39.1 Å². The van der Waals surface area contributed by atoms with Gasteiger partial charge in [-0.25, -0.2) is 8.78 Å². The summed E-state index contributed by atoms with van der Waals surface area (Å²) in [5.41, 5.74) is -1.26. The largest absolute Gasteiger partial charge is 0.383 e. The molecule has 3 rings (SSSR count). The first-order valence-corrected chi connectivity index (χ1v) is 9.92. The Kier molecular flexibility index (Phi) is 6.21. The van der Waals surface area contributed by atoms with Crippen molar-refractivity contribution in [1.29, 1.82) is 0 Å². The van der Waals surface area contributed by atoms with Crippen LogP contribution in [0.2, 0.25) is 0 Å². The number of carbonyl (C=O) groups excluding carboxylic acids is 2. The maximum atomic E-state index is 14.6. The third kappa shape index (κ3) is 4.73. The Morgan fingerprint density at radius 2 is 2.10 bits per heavy atom. The van der Waals surface area contributed by atoms with Crippen LogP contribution in [-0.4, -0.2) is 77.6 Å². The summed E-state index contributed by atoms with van der Waals surface area (Å²) in [5, 5.41) is 3.76. The molecule has 0 saturated carbocycles. The van der Waals surface area contributed by atoms with E-state index in [0.717, 1.165) is 4.90 Å². The van der Waals surface area contributed by atoms with Crippen molar-refractivity contribution in [2.24, 2.45) is 5.41 Å². The van der Waals surface area contributed by atoms with Crippen LogP contribution in [0.1, 0.15) is 50.7 Å². The summed E-state index contributed by atoms with van der Waals surface area (Å²) >= 11 is 0. The molecule has 1 atom stereocenters. The van der Waals surface area contributed by atoms with Crippen LogP contribution in [0.5, 0.6) is 0 Å². The molecule has 0 aliphatic carbocycles. The topological polar surface area (TPSA) is 88.8 Å². The molecular weight excluding hydrogens is 386 g/mol. The lowest BCUT2D eigenvalue weighted by Crippen LogP contribution is -2.62. The third-order valence-electron chi connectivity index (χ3n) is 5.54. The predicted molar refractivity (Wildman–Crippen MR) is 98.4 cm³/mol. The Bertz CT molecular complexity index is 754. The molecule has 0 radical (unpaired) electrons. The summed E-state index contributed by atoms with van der Waals surface area (Å²) in [6.07, 6.45) is 0.195. The maximum Gasteiger partial charge on any atom is 0.266 e. The average Bonchev–Trinajstić information content (AvgIpc) is 3.10. The molecule has 1 aromatic heterocycles. The molecule has 0 unspecified atom stereocenters.